The second kappa shape index (κ2) is 43.4. The van der Waals surface area contributed by atoms with E-state index in [4.69, 9.17) is 25.4 Å². The summed E-state index contributed by atoms with van der Waals surface area (Å²) in [5.74, 6) is 1.52. The molecule has 0 saturated heterocycles. The molecule has 333 valence electrons. The fourth-order valence-electron chi connectivity index (χ4n) is 7.83. The molecule has 0 amide bonds. The second-order valence-corrected chi connectivity index (χ2v) is 15.1. The Labute approximate surface area is 378 Å². The number of aliphatic hydroxyl groups excluding tert-OH is 2. The second-order valence-electron chi connectivity index (χ2n) is 15.1. The summed E-state index contributed by atoms with van der Waals surface area (Å²) in [6, 6.07) is 1.43. The molecule has 3 rings (SSSR count). The molecule has 0 heterocycles. The van der Waals surface area contributed by atoms with Crippen LogP contribution in [0.4, 0.5) is 0 Å². The predicted octanol–water partition coefficient (Wildman–Crippen LogP) is 3.63. The third-order valence-corrected chi connectivity index (χ3v) is 11.4. The number of esters is 3. The minimum absolute atomic E-state index is 0. The van der Waals surface area contributed by atoms with E-state index in [9.17, 15) is 14.4 Å². The zero-order valence-electron chi connectivity index (χ0n) is 38.3. The molecular formula is C42H86BLiN3O8S2. The summed E-state index contributed by atoms with van der Waals surface area (Å²) in [5, 5.41) is 17.9. The third-order valence-electron chi connectivity index (χ3n) is 11.4. The average molecular weight is 843 g/mol. The predicted molar refractivity (Wildman–Crippen MR) is 242 cm³/mol. The molecule has 0 aromatic rings. The van der Waals surface area contributed by atoms with Gasteiger partial charge in [0.1, 0.15) is 0 Å². The van der Waals surface area contributed by atoms with E-state index in [2.05, 4.69) is 41.9 Å². The van der Waals surface area contributed by atoms with E-state index in [1.54, 1.807) is 0 Å². The van der Waals surface area contributed by atoms with Gasteiger partial charge in [-0.2, -0.15) is 27.0 Å². The van der Waals surface area contributed by atoms with Crippen molar-refractivity contribution in [3.8, 4) is 0 Å². The SMILES string of the molecule is C=CC(=O)OC.COC(=O)CCN(CCC(=O)OC)[C@@H](C)C1CCCCC1.C[C@@H](C1CCCCC1)N(CCCO)CCCO.C[C@H](N)C1CCCCC1.S.S.[B].[H-].[Li+]. The van der Waals surface area contributed by atoms with Crippen molar-refractivity contribution in [3.05, 3.63) is 12.7 Å². The molecule has 3 aliphatic carbocycles. The van der Waals surface area contributed by atoms with Crippen LogP contribution < -0.4 is 24.6 Å². The van der Waals surface area contributed by atoms with E-state index in [0.29, 0.717) is 50.0 Å². The maximum Gasteiger partial charge on any atom is 1.00 e. The number of methoxy groups -OCH3 is 3. The summed E-state index contributed by atoms with van der Waals surface area (Å²) in [4.78, 5) is 37.3. The van der Waals surface area contributed by atoms with Crippen molar-refractivity contribution in [2.45, 2.75) is 161 Å². The van der Waals surface area contributed by atoms with Crippen molar-refractivity contribution in [1.29, 1.82) is 0 Å². The van der Waals surface area contributed by atoms with E-state index >= 15 is 0 Å². The Morgan fingerprint density at radius 3 is 1.19 bits per heavy atom. The Morgan fingerprint density at radius 1 is 0.649 bits per heavy atom. The molecule has 0 spiro atoms. The number of nitrogens with two attached hydrogens (primary N) is 1. The van der Waals surface area contributed by atoms with Gasteiger partial charge in [0.05, 0.1) is 34.2 Å². The molecule has 4 N–H and O–H groups in total. The first kappa shape index (κ1) is 65.4. The van der Waals surface area contributed by atoms with Crippen molar-refractivity contribution < 1.29 is 59.1 Å². The van der Waals surface area contributed by atoms with Gasteiger partial charge in [-0.1, -0.05) is 64.4 Å². The van der Waals surface area contributed by atoms with Crippen molar-refractivity contribution in [1.82, 2.24) is 9.80 Å². The van der Waals surface area contributed by atoms with Crippen LogP contribution in [0.15, 0.2) is 12.7 Å². The molecule has 15 heteroatoms. The van der Waals surface area contributed by atoms with Gasteiger partial charge in [-0.3, -0.25) is 14.5 Å². The molecule has 0 bridgehead atoms. The van der Waals surface area contributed by atoms with Crippen molar-refractivity contribution in [3.63, 3.8) is 0 Å². The van der Waals surface area contributed by atoms with E-state index in [0.717, 1.165) is 43.8 Å². The summed E-state index contributed by atoms with van der Waals surface area (Å²) < 4.78 is 13.6. The van der Waals surface area contributed by atoms with Crippen LogP contribution in [0.3, 0.4) is 0 Å². The summed E-state index contributed by atoms with van der Waals surface area (Å²) >= 11 is 0. The van der Waals surface area contributed by atoms with Crippen LogP contribution >= 0.6 is 27.0 Å². The molecule has 0 aromatic heterocycles. The van der Waals surface area contributed by atoms with Gasteiger partial charge in [-0.15, -0.1) is 0 Å². The Kier molecular flexibility index (Phi) is 49.8. The summed E-state index contributed by atoms with van der Waals surface area (Å²) in [5.41, 5.74) is 5.77. The van der Waals surface area contributed by atoms with Gasteiger partial charge >= 0.3 is 36.8 Å². The number of rotatable bonds is 18. The van der Waals surface area contributed by atoms with Crippen molar-refractivity contribution >= 4 is 53.3 Å². The van der Waals surface area contributed by atoms with E-state index in [1.807, 2.05) is 0 Å². The van der Waals surface area contributed by atoms with Crippen molar-refractivity contribution in [2.75, 3.05) is 60.7 Å². The average Bonchev–Trinajstić information content (AvgIpc) is 3.21. The van der Waals surface area contributed by atoms with Gasteiger partial charge in [-0.25, -0.2) is 4.79 Å². The van der Waals surface area contributed by atoms with Gasteiger partial charge in [0, 0.05) is 72.0 Å². The van der Waals surface area contributed by atoms with Gasteiger partial charge in [0.15, 0.2) is 0 Å². The Balaban J connectivity index is -0.000000164. The summed E-state index contributed by atoms with van der Waals surface area (Å²) in [7, 11) is 4.13. The first-order chi connectivity index (χ1) is 25.5. The van der Waals surface area contributed by atoms with Gasteiger partial charge in [0.25, 0.3) is 0 Å². The zero-order valence-corrected chi connectivity index (χ0v) is 39.3. The number of hydrogen-bond donors (Lipinski definition) is 3. The number of carbonyl (C=O) groups excluding carboxylic acids is 3. The van der Waals surface area contributed by atoms with Crippen LogP contribution in [0.25, 0.3) is 0 Å². The molecule has 0 aliphatic heterocycles. The molecule has 3 radical (unpaired) electrons. The molecule has 0 unspecified atom stereocenters. The van der Waals surface area contributed by atoms with E-state index in [-0.39, 0.29) is 80.8 Å². The smallest absolute Gasteiger partial charge is 1.00 e. The third kappa shape index (κ3) is 32.7. The van der Waals surface area contributed by atoms with E-state index in [1.165, 1.54) is 118 Å². The van der Waals surface area contributed by atoms with Crippen LogP contribution in [0, 0.1) is 17.8 Å². The molecule has 57 heavy (non-hydrogen) atoms. The molecule has 0 aromatic carbocycles. The van der Waals surface area contributed by atoms with E-state index < -0.39 is 5.97 Å². The standard InChI is InChI=1S/C16H29NO4.C14H29NO2.C8H17N.C4H6O2.B.Li.2H2S.H/c1-13(14-7-5-4-6-8-14)17(11-9-15(18)20-2)12-10-16(19)21-3;1-13(14-7-3-2-4-8-14)15(9-5-11-16)10-6-12-17;1-7(9)8-5-3-2-4-6-8;1-3-4(5)6-2;;;;;/h13-14H,4-12H2,1-3H3;13-14,16-17H,2-12H2,1H3;7-8H,2-6,9H2,1H3;3H,1H2,2H3;;;2*1H2;/q;;;;;+1;;;-1/t2*13-;7-;;;;;;/m000....../s1. The molecule has 3 atom stereocenters. The Bertz CT molecular complexity index is 924. The molecule has 3 fully saturated rings. The van der Waals surface area contributed by atoms with Gasteiger partial charge in [0.2, 0.25) is 0 Å². The first-order valence-electron chi connectivity index (χ1n) is 20.8. The van der Waals surface area contributed by atoms with Crippen LogP contribution in [0.2, 0.25) is 0 Å². The molecule has 3 aliphatic rings. The normalized spacial score (nSPS) is 17.2. The van der Waals surface area contributed by atoms with Crippen molar-refractivity contribution in [2.24, 2.45) is 23.5 Å². The Hall–Kier alpha value is -0.688. The minimum Gasteiger partial charge on any atom is -1.00 e. The van der Waals surface area contributed by atoms with Crippen LogP contribution in [-0.2, 0) is 28.6 Å². The Morgan fingerprint density at radius 2 is 0.965 bits per heavy atom. The van der Waals surface area contributed by atoms with Crippen LogP contribution in [-0.4, -0.2) is 125 Å². The number of ether oxygens (including phenoxy) is 3. The molecule has 3 saturated carbocycles. The largest absolute Gasteiger partial charge is 1.00 e. The fraction of sp³-hybridized carbons (Fsp3) is 0.881. The number of hydrogen-bond acceptors (Lipinski definition) is 11. The van der Waals surface area contributed by atoms with Crippen LogP contribution in [0.1, 0.15) is 144 Å². The quantitative estimate of drug-likeness (QED) is 0.0804. The number of carbonyl (C=O) groups is 3. The first-order valence-corrected chi connectivity index (χ1v) is 20.8. The molecule has 11 nitrogen and oxygen atoms in total. The number of nitrogens with zero attached hydrogens (tertiary/aromatic N) is 2. The molecular weight excluding hydrogens is 756 g/mol. The topological polar surface area (TPSA) is 152 Å². The summed E-state index contributed by atoms with van der Waals surface area (Å²) in [6.07, 6.45) is 23.8. The monoisotopic (exact) mass is 843 g/mol. The fourth-order valence-corrected chi connectivity index (χ4v) is 7.83. The maximum absolute atomic E-state index is 11.4. The zero-order chi connectivity index (χ0) is 39.9. The van der Waals surface area contributed by atoms with Crippen LogP contribution in [0.5, 0.6) is 0 Å². The maximum atomic E-state index is 11.4. The van der Waals surface area contributed by atoms with Gasteiger partial charge < -0.3 is 36.5 Å². The minimum atomic E-state index is -0.394. The van der Waals surface area contributed by atoms with Gasteiger partial charge in [-0.05, 0) is 89.9 Å². The summed E-state index contributed by atoms with van der Waals surface area (Å²) in [6.45, 7) is 13.6. The number of aliphatic hydroxyl groups is 2.